The maximum Gasteiger partial charge on any atom is 0.332 e. The van der Waals surface area contributed by atoms with Crippen LogP contribution in [0.4, 0.5) is 11.6 Å². The molecule has 2 aromatic heterocycles. The first-order chi connectivity index (χ1) is 13.8. The fourth-order valence-corrected chi connectivity index (χ4v) is 4.13. The second kappa shape index (κ2) is 7.21. The molecule has 0 radical (unpaired) electrons. The molecule has 7 heteroatoms. The van der Waals surface area contributed by atoms with Crippen LogP contribution in [0.5, 0.6) is 0 Å². The van der Waals surface area contributed by atoms with E-state index in [1.54, 1.807) is 7.05 Å². The van der Waals surface area contributed by atoms with Crippen LogP contribution in [-0.4, -0.2) is 25.2 Å². The summed E-state index contributed by atoms with van der Waals surface area (Å²) < 4.78 is 4.88. The van der Waals surface area contributed by atoms with E-state index < -0.39 is 0 Å². The summed E-state index contributed by atoms with van der Waals surface area (Å²) in [7, 11) is 1.70. The second-order valence-corrected chi connectivity index (χ2v) is 8.33. The quantitative estimate of drug-likeness (QED) is 0.681. The van der Waals surface area contributed by atoms with Gasteiger partial charge in [-0.05, 0) is 49.4 Å². The van der Waals surface area contributed by atoms with E-state index in [0.717, 1.165) is 31.0 Å². The molecule has 0 spiro atoms. The third-order valence-corrected chi connectivity index (χ3v) is 5.98. The lowest BCUT2D eigenvalue weighted by atomic mass is 10.1. The number of anilines is 2. The zero-order valence-corrected chi connectivity index (χ0v) is 17.9. The van der Waals surface area contributed by atoms with Crippen molar-refractivity contribution >= 4 is 22.8 Å². The fourth-order valence-electron chi connectivity index (χ4n) is 4.13. The minimum Gasteiger partial charge on any atom is -0.312 e. The van der Waals surface area contributed by atoms with Crippen LogP contribution in [0.15, 0.2) is 27.8 Å². The Kier molecular flexibility index (Phi) is 4.84. The van der Waals surface area contributed by atoms with Gasteiger partial charge < -0.3 is 9.47 Å². The van der Waals surface area contributed by atoms with E-state index in [4.69, 9.17) is 4.98 Å². The lowest BCUT2D eigenvalue weighted by Crippen LogP contribution is -2.40. The van der Waals surface area contributed by atoms with Crippen molar-refractivity contribution in [3.63, 3.8) is 0 Å². The number of nitrogens with zero attached hydrogens (tertiary/aromatic N) is 5. The number of unbranched alkanes of at least 4 members (excludes halogenated alkanes) is 1. The SMILES string of the molecule is CCCCn1c(=O)c2c(nc3n2C[C@H](C)CN3c2ccc(C)c(C)c2)n(C)c1=O. The lowest BCUT2D eigenvalue weighted by Gasteiger charge is -2.33. The Morgan fingerprint density at radius 3 is 2.59 bits per heavy atom. The summed E-state index contributed by atoms with van der Waals surface area (Å²) in [5.41, 5.74) is 3.99. The zero-order valence-electron chi connectivity index (χ0n) is 17.9. The van der Waals surface area contributed by atoms with E-state index in [1.807, 2.05) is 4.57 Å². The Hall–Kier alpha value is -2.83. The van der Waals surface area contributed by atoms with Crippen molar-refractivity contribution in [3.05, 3.63) is 50.2 Å². The Morgan fingerprint density at radius 2 is 1.90 bits per heavy atom. The number of fused-ring (bicyclic) bond motifs is 3. The highest BCUT2D eigenvalue weighted by molar-refractivity contribution is 5.77. The molecule has 4 rings (SSSR count). The van der Waals surface area contributed by atoms with E-state index in [9.17, 15) is 9.59 Å². The average Bonchev–Trinajstić information content (AvgIpc) is 3.07. The predicted octanol–water partition coefficient (Wildman–Crippen LogP) is 3.10. The maximum atomic E-state index is 13.3. The Labute approximate surface area is 170 Å². The summed E-state index contributed by atoms with van der Waals surface area (Å²) in [6.45, 7) is 10.4. The van der Waals surface area contributed by atoms with Crippen LogP contribution in [0, 0.1) is 19.8 Å². The van der Waals surface area contributed by atoms with Crippen molar-refractivity contribution < 1.29 is 0 Å². The molecule has 3 aromatic rings. The van der Waals surface area contributed by atoms with Crippen molar-refractivity contribution in [3.8, 4) is 0 Å². The smallest absolute Gasteiger partial charge is 0.312 e. The molecule has 1 aromatic carbocycles. The molecule has 29 heavy (non-hydrogen) atoms. The van der Waals surface area contributed by atoms with E-state index in [1.165, 1.54) is 20.3 Å². The summed E-state index contributed by atoms with van der Waals surface area (Å²) in [6.07, 6.45) is 1.72. The van der Waals surface area contributed by atoms with Gasteiger partial charge in [-0.3, -0.25) is 13.9 Å². The lowest BCUT2D eigenvalue weighted by molar-refractivity contribution is 0.457. The van der Waals surface area contributed by atoms with Gasteiger partial charge >= 0.3 is 5.69 Å². The summed E-state index contributed by atoms with van der Waals surface area (Å²) >= 11 is 0. The number of hydrogen-bond donors (Lipinski definition) is 0. The molecule has 0 fully saturated rings. The van der Waals surface area contributed by atoms with Gasteiger partial charge in [-0.2, -0.15) is 4.98 Å². The van der Waals surface area contributed by atoms with Gasteiger partial charge in [0.2, 0.25) is 5.95 Å². The van der Waals surface area contributed by atoms with E-state index in [-0.39, 0.29) is 11.2 Å². The molecule has 0 bridgehead atoms. The van der Waals surface area contributed by atoms with Crippen LogP contribution in [0.1, 0.15) is 37.8 Å². The van der Waals surface area contributed by atoms with E-state index in [0.29, 0.717) is 30.2 Å². The third kappa shape index (κ3) is 3.09. The molecule has 0 amide bonds. The van der Waals surface area contributed by atoms with Crippen LogP contribution >= 0.6 is 0 Å². The number of aromatic nitrogens is 4. The van der Waals surface area contributed by atoms with Gasteiger partial charge in [0.1, 0.15) is 0 Å². The van der Waals surface area contributed by atoms with Gasteiger partial charge in [0.25, 0.3) is 5.56 Å². The summed E-state index contributed by atoms with van der Waals surface area (Å²) in [5, 5.41) is 0. The van der Waals surface area contributed by atoms with Crippen molar-refractivity contribution in [1.29, 1.82) is 0 Å². The second-order valence-electron chi connectivity index (χ2n) is 8.33. The van der Waals surface area contributed by atoms with Crippen molar-refractivity contribution in [2.24, 2.45) is 13.0 Å². The van der Waals surface area contributed by atoms with Crippen LogP contribution in [0.3, 0.4) is 0 Å². The topological polar surface area (TPSA) is 65.1 Å². The Morgan fingerprint density at radius 1 is 1.14 bits per heavy atom. The Bertz CT molecular complexity index is 1200. The minimum atomic E-state index is -0.294. The molecule has 1 atom stereocenters. The molecule has 0 N–H and O–H groups in total. The van der Waals surface area contributed by atoms with Gasteiger partial charge in [-0.25, -0.2) is 4.79 Å². The standard InChI is InChI=1S/C22H29N5O2/c1-6-7-10-25-20(28)18-19(24(5)22(25)29)23-21-26(12-14(2)13-27(18)21)17-9-8-15(3)16(4)11-17/h8-9,11,14H,6-7,10,12-13H2,1-5H3/t14-/m1/s1. The zero-order chi connectivity index (χ0) is 20.9. The number of benzene rings is 1. The highest BCUT2D eigenvalue weighted by atomic mass is 16.2. The molecule has 7 nitrogen and oxygen atoms in total. The molecule has 1 aliphatic rings. The van der Waals surface area contributed by atoms with Crippen LogP contribution < -0.4 is 16.1 Å². The van der Waals surface area contributed by atoms with E-state index in [2.05, 4.69) is 50.8 Å². The summed E-state index contributed by atoms with van der Waals surface area (Å²) in [5.74, 6) is 1.09. The first-order valence-electron chi connectivity index (χ1n) is 10.4. The molecule has 0 saturated carbocycles. The first kappa shape index (κ1) is 19.5. The normalized spacial score (nSPS) is 16.4. The third-order valence-electron chi connectivity index (χ3n) is 5.98. The van der Waals surface area contributed by atoms with E-state index >= 15 is 0 Å². The monoisotopic (exact) mass is 395 g/mol. The largest absolute Gasteiger partial charge is 0.332 e. The molecule has 0 saturated heterocycles. The van der Waals surface area contributed by atoms with Crippen LogP contribution in [-0.2, 0) is 20.1 Å². The number of aryl methyl sites for hydroxylation is 3. The molecule has 154 valence electrons. The summed E-state index contributed by atoms with van der Waals surface area (Å²) in [4.78, 5) is 33.0. The first-order valence-corrected chi connectivity index (χ1v) is 10.4. The van der Waals surface area contributed by atoms with Crippen molar-refractivity contribution in [1.82, 2.24) is 18.7 Å². The molecule has 0 unspecified atom stereocenters. The minimum absolute atomic E-state index is 0.232. The summed E-state index contributed by atoms with van der Waals surface area (Å²) in [6, 6.07) is 6.38. The number of rotatable bonds is 4. The van der Waals surface area contributed by atoms with Gasteiger partial charge in [-0.15, -0.1) is 0 Å². The average molecular weight is 396 g/mol. The molecular weight excluding hydrogens is 366 g/mol. The van der Waals surface area contributed by atoms with Gasteiger partial charge in [0.05, 0.1) is 0 Å². The van der Waals surface area contributed by atoms with Crippen molar-refractivity contribution in [2.45, 2.75) is 53.6 Å². The van der Waals surface area contributed by atoms with Gasteiger partial charge in [0.15, 0.2) is 11.2 Å². The molecule has 3 heterocycles. The van der Waals surface area contributed by atoms with Crippen LogP contribution in [0.2, 0.25) is 0 Å². The van der Waals surface area contributed by atoms with Crippen LogP contribution in [0.25, 0.3) is 11.2 Å². The molecule has 0 aliphatic carbocycles. The molecule has 1 aliphatic heterocycles. The fraction of sp³-hybridized carbons (Fsp3) is 0.500. The number of imidazole rings is 1. The predicted molar refractivity (Wildman–Crippen MR) is 116 cm³/mol. The highest BCUT2D eigenvalue weighted by Crippen LogP contribution is 2.33. The molecular formula is C22H29N5O2. The Balaban J connectivity index is 1.97. The highest BCUT2D eigenvalue weighted by Gasteiger charge is 2.29. The van der Waals surface area contributed by atoms with Gasteiger partial charge in [-0.1, -0.05) is 26.3 Å². The van der Waals surface area contributed by atoms with Crippen molar-refractivity contribution in [2.75, 3.05) is 11.4 Å². The van der Waals surface area contributed by atoms with Gasteiger partial charge in [0, 0.05) is 32.4 Å². The number of hydrogen-bond acceptors (Lipinski definition) is 4. The maximum absolute atomic E-state index is 13.3.